The molecule has 1 fully saturated rings. The largest absolute Gasteiger partial charge is 0.508 e. The predicted molar refractivity (Wildman–Crippen MR) is 430 cm³/mol. The lowest BCUT2D eigenvalue weighted by Crippen LogP contribution is -2.62. The summed E-state index contributed by atoms with van der Waals surface area (Å²) in [6.45, 7) is 11.4. The molecule has 2 aliphatic rings. The smallest absolute Gasteiger partial charge is 0.245 e. The van der Waals surface area contributed by atoms with Gasteiger partial charge in [-0.15, -0.1) is 0 Å². The summed E-state index contributed by atoms with van der Waals surface area (Å²) in [5.41, 5.74) is 10.6. The number of thioether (sulfide) groups is 2. The van der Waals surface area contributed by atoms with Gasteiger partial charge >= 0.3 is 0 Å². The SMILES string of the molecule is CCC[C@@H](C)NC(=O)[C@H](Cc1c[nH]c2ncccc12)NC(=O)[C@H](NC(=O)C1CCCCNC(=O)CCC(NO)C(=O)N[C@@H](Cc2ccc(O)cc2)C(=O)N[C@@H](C2CCCCC2)C(=O)N[C@@H]([C@@H](C)O)C(=O)N[C@@H](C(N)=O)CSCc2cccc(c2)CSCCC(=O)N[C@@H](C(C)(C)C)C(=O)N[C@@H](Cc2ccc(O)cc2)C(=O)N1)[C@@H](C)O. The van der Waals surface area contributed by atoms with Crippen LogP contribution in [0.3, 0.4) is 0 Å². The van der Waals surface area contributed by atoms with Crippen molar-refractivity contribution < 1.29 is 83.2 Å². The van der Waals surface area contributed by atoms with E-state index in [9.17, 15) is 78.4 Å². The van der Waals surface area contributed by atoms with Gasteiger partial charge in [-0.1, -0.05) is 102 Å². The number of aliphatic hydroxyl groups is 2. The van der Waals surface area contributed by atoms with E-state index in [4.69, 9.17) is 5.73 Å². The average Bonchev–Trinajstić information content (AvgIpc) is 1.72. The second kappa shape index (κ2) is 45.3. The van der Waals surface area contributed by atoms with Crippen LogP contribution in [0.25, 0.3) is 11.0 Å². The highest BCUT2D eigenvalue weighted by atomic mass is 32.2. The van der Waals surface area contributed by atoms with Crippen molar-refractivity contribution in [1.82, 2.24) is 73.9 Å². The highest BCUT2D eigenvalue weighted by Crippen LogP contribution is 2.29. The van der Waals surface area contributed by atoms with Gasteiger partial charge in [0.2, 0.25) is 70.9 Å². The molecule has 622 valence electrons. The maximum atomic E-state index is 15.1. The number of H-pyrrole nitrogens is 1. The molecule has 0 saturated heterocycles. The molecule has 3 heterocycles. The number of phenolic OH excluding ortho intramolecular Hbond substituents is 2. The molecule has 34 heteroatoms. The summed E-state index contributed by atoms with van der Waals surface area (Å²) in [6.07, 6.45) is 3.44. The number of nitrogens with zero attached hydrogens (tertiary/aromatic N) is 1. The quantitative estimate of drug-likeness (QED) is 0.0528. The molecular formula is C80H113N15O17S2. The lowest BCUT2D eigenvalue weighted by atomic mass is 9.83. The number of carbonyl (C=O) groups is 12. The molecule has 114 heavy (non-hydrogen) atoms. The fraction of sp³-hybridized carbons (Fsp3) is 0.537. The number of pyridine rings is 1. The summed E-state index contributed by atoms with van der Waals surface area (Å²) < 4.78 is 0. The summed E-state index contributed by atoms with van der Waals surface area (Å²) in [4.78, 5) is 179. The molecule has 1 saturated carbocycles. The molecule has 12 amide bonds. The summed E-state index contributed by atoms with van der Waals surface area (Å²) in [5, 5.41) is 83.9. The highest BCUT2D eigenvalue weighted by Gasteiger charge is 2.41. The van der Waals surface area contributed by atoms with Crippen LogP contribution in [0.2, 0.25) is 0 Å². The summed E-state index contributed by atoms with van der Waals surface area (Å²) in [5.74, 6) is -9.27. The Balaban J connectivity index is 1.17. The number of aromatic amines is 1. The standard InChI is InChI=1S/C80H113N15O17S2/c1-8-16-45(2)85-73(105)61(40-53-41-84-70-56(53)21-15-35-83-70)88-76(108)65(46(3)96)92-71(103)57-22-12-13-34-82-63(100)32-31-58(95-112)72(104)87-60(39-49-25-29-55(99)30-26-49)75(107)94-67(52-19-10-9-11-20-52)78(110)93-66(47(4)97)77(109)90-62(69(81)102)44-114-43-51-18-14-17-50(37-51)42-113-36-33-64(101)91-68(80(5,6)7)79(111)89-59(74(106)86-57)38-48-23-27-54(98)28-24-48/h14-15,17-18,21,23-30,35,37,41,45-47,52,57-62,65-68,95-99,112H,8-13,16,19-20,22,31-34,36,38-40,42-44H2,1-7H3,(H2,81,102)(H,82,100)(H,83,84)(H,85,105)(H,86,106)(H,87,104)(H,88,108)(H,89,111)(H,90,109)(H,91,101)(H,92,103)(H,93,110)(H,94,107)/t45-,46-,47-,57?,58?,59+,60+,61+,62-,65-,66+,67+,68-/m1/s1. The van der Waals surface area contributed by atoms with Crippen molar-refractivity contribution in [2.45, 2.75) is 241 Å². The second-order valence-corrected chi connectivity index (χ2v) is 32.6. The van der Waals surface area contributed by atoms with Gasteiger partial charge in [-0.05, 0) is 141 Å². The molecule has 3 aromatic carbocycles. The van der Waals surface area contributed by atoms with Gasteiger partial charge < -0.3 is 94.8 Å². The molecule has 7 rings (SSSR count). The molecule has 2 aromatic heterocycles. The lowest BCUT2D eigenvalue weighted by Gasteiger charge is -2.33. The third-order valence-corrected chi connectivity index (χ3v) is 22.1. The number of hydrogen-bond donors (Lipinski definition) is 19. The zero-order valence-electron chi connectivity index (χ0n) is 65.6. The third-order valence-electron chi connectivity index (χ3n) is 19.9. The maximum Gasteiger partial charge on any atom is 0.245 e. The van der Waals surface area contributed by atoms with Gasteiger partial charge in [-0.2, -0.15) is 29.0 Å². The first-order chi connectivity index (χ1) is 54.3. The third kappa shape index (κ3) is 29.2. The number of carbonyl (C=O) groups excluding carboxylic acids is 12. The van der Waals surface area contributed by atoms with E-state index in [0.717, 1.165) is 24.0 Å². The number of aromatic nitrogens is 2. The van der Waals surface area contributed by atoms with E-state index in [2.05, 4.69) is 68.5 Å². The fourth-order valence-corrected chi connectivity index (χ4v) is 15.4. The molecule has 32 nitrogen and oxygen atoms in total. The van der Waals surface area contributed by atoms with E-state index in [1.165, 1.54) is 85.9 Å². The number of nitrogens with two attached hydrogens (primary N) is 1. The van der Waals surface area contributed by atoms with Crippen molar-refractivity contribution in [3.8, 4) is 11.5 Å². The molecule has 1 aliphatic carbocycles. The van der Waals surface area contributed by atoms with Crippen LogP contribution >= 0.6 is 23.5 Å². The van der Waals surface area contributed by atoms with E-state index >= 15 is 4.79 Å². The zero-order valence-corrected chi connectivity index (χ0v) is 67.3. The molecule has 13 atom stereocenters. The van der Waals surface area contributed by atoms with Crippen LogP contribution in [0.4, 0.5) is 0 Å². The molecule has 2 bridgehead atoms. The molecule has 1 aliphatic heterocycles. The topological polar surface area (TPSA) is 505 Å². The van der Waals surface area contributed by atoms with Gasteiger partial charge in [0, 0.05) is 85.5 Å². The van der Waals surface area contributed by atoms with E-state index in [1.807, 2.05) is 43.6 Å². The molecule has 0 radical (unpaired) electrons. The number of aliphatic hydroxyl groups excluding tert-OH is 2. The number of benzene rings is 3. The van der Waals surface area contributed by atoms with Gasteiger partial charge in [-0.3, -0.25) is 57.5 Å². The number of nitrogens with one attached hydrogen (secondary N) is 13. The van der Waals surface area contributed by atoms with Gasteiger partial charge in [0.1, 0.15) is 77.6 Å². The summed E-state index contributed by atoms with van der Waals surface area (Å²) in [7, 11) is 0. The minimum atomic E-state index is -1.74. The Bertz CT molecular complexity index is 4060. The minimum Gasteiger partial charge on any atom is -0.508 e. The molecular weight excluding hydrogens is 1510 g/mol. The first-order valence-electron chi connectivity index (χ1n) is 38.9. The number of phenols is 2. The van der Waals surface area contributed by atoms with Crippen LogP contribution < -0.4 is 69.7 Å². The number of rotatable bonds is 19. The number of fused-ring (bicyclic) bond motifs is 3. The van der Waals surface area contributed by atoms with Crippen molar-refractivity contribution in [2.75, 3.05) is 18.1 Å². The number of hydrogen-bond acceptors (Lipinski definition) is 21. The van der Waals surface area contributed by atoms with Gasteiger partial charge in [0.05, 0.1) is 12.2 Å². The lowest BCUT2D eigenvalue weighted by molar-refractivity contribution is -0.137. The number of aromatic hydroxyl groups is 2. The first kappa shape index (κ1) is 91.3. The first-order valence-corrected chi connectivity index (χ1v) is 41.2. The van der Waals surface area contributed by atoms with Crippen molar-refractivity contribution in [3.63, 3.8) is 0 Å². The van der Waals surface area contributed by atoms with Crippen LogP contribution in [0.5, 0.6) is 11.5 Å². The van der Waals surface area contributed by atoms with Crippen LogP contribution in [0, 0.1) is 11.3 Å². The predicted octanol–water partition coefficient (Wildman–Crippen LogP) is 2.53. The van der Waals surface area contributed by atoms with Crippen LogP contribution in [0.15, 0.2) is 97.3 Å². The van der Waals surface area contributed by atoms with Crippen molar-refractivity contribution in [3.05, 3.63) is 125 Å². The van der Waals surface area contributed by atoms with Crippen LogP contribution in [-0.4, -0.2) is 203 Å². The molecule has 20 N–H and O–H groups in total. The summed E-state index contributed by atoms with van der Waals surface area (Å²) in [6, 6.07) is 7.84. The minimum absolute atomic E-state index is 0.0179. The van der Waals surface area contributed by atoms with Crippen molar-refractivity contribution >= 4 is 105 Å². The monoisotopic (exact) mass is 1620 g/mol. The van der Waals surface area contributed by atoms with Crippen LogP contribution in [-0.2, 0) is 88.3 Å². The Kier molecular flexibility index (Phi) is 36.3. The molecule has 5 aromatic rings. The maximum absolute atomic E-state index is 15.1. The highest BCUT2D eigenvalue weighted by molar-refractivity contribution is 7.98. The van der Waals surface area contributed by atoms with Gasteiger partial charge in [0.15, 0.2) is 0 Å². The molecule has 0 spiro atoms. The summed E-state index contributed by atoms with van der Waals surface area (Å²) >= 11 is 2.72. The zero-order chi connectivity index (χ0) is 83.2. The molecule has 2 unspecified atom stereocenters. The van der Waals surface area contributed by atoms with E-state index in [1.54, 1.807) is 45.3 Å². The average molecular weight is 1620 g/mol. The Morgan fingerprint density at radius 3 is 1.85 bits per heavy atom. The number of amides is 12. The van der Waals surface area contributed by atoms with E-state index in [0.29, 0.717) is 77.1 Å². The fourth-order valence-electron chi connectivity index (χ4n) is 13.5. The second-order valence-electron chi connectivity index (χ2n) is 30.5. The van der Waals surface area contributed by atoms with Crippen molar-refractivity contribution in [1.29, 1.82) is 0 Å². The van der Waals surface area contributed by atoms with E-state index in [-0.39, 0.29) is 87.6 Å². The number of hydroxylamine groups is 1. The Morgan fingerprint density at radius 2 is 1.25 bits per heavy atom. The normalized spacial score (nSPS) is 23.0. The number of primary amides is 1. The Hall–Kier alpha value is -9.87. The van der Waals surface area contributed by atoms with Crippen LogP contribution in [0.1, 0.15) is 160 Å². The van der Waals surface area contributed by atoms with Gasteiger partial charge in [0.25, 0.3) is 0 Å². The van der Waals surface area contributed by atoms with Crippen molar-refractivity contribution in [2.24, 2.45) is 17.1 Å². The Labute approximate surface area is 672 Å². The Morgan fingerprint density at radius 1 is 0.632 bits per heavy atom. The van der Waals surface area contributed by atoms with E-state index < -0.39 is 155 Å². The van der Waals surface area contributed by atoms with Gasteiger partial charge in [-0.25, -0.2) is 4.98 Å².